The number of carbonyl (C=O) groups is 1. The van der Waals surface area contributed by atoms with E-state index in [2.05, 4.69) is 43.0 Å². The van der Waals surface area contributed by atoms with E-state index in [0.717, 1.165) is 31.6 Å². The Morgan fingerprint density at radius 2 is 1.29 bits per heavy atom. The predicted octanol–water partition coefficient (Wildman–Crippen LogP) is 6.88. The van der Waals surface area contributed by atoms with Crippen LogP contribution < -0.4 is 4.74 Å². The van der Waals surface area contributed by atoms with E-state index in [1.165, 1.54) is 43.2 Å². The third kappa shape index (κ3) is 8.43. The molecule has 3 nitrogen and oxygen atoms in total. The second kappa shape index (κ2) is 12.8. The molecule has 0 aliphatic rings. The lowest BCUT2D eigenvalue weighted by Crippen LogP contribution is -1.98. The Morgan fingerprint density at radius 1 is 0.750 bits per heavy atom. The third-order valence-corrected chi connectivity index (χ3v) is 4.91. The molecule has 150 valence electrons. The molecule has 0 aromatic heterocycles. The van der Waals surface area contributed by atoms with Gasteiger partial charge in [-0.05, 0) is 42.5 Å². The van der Waals surface area contributed by atoms with Crippen LogP contribution in [0.5, 0.6) is 5.75 Å². The zero-order chi connectivity index (χ0) is 20.0. The molecule has 28 heavy (non-hydrogen) atoms. The van der Waals surface area contributed by atoms with Crippen LogP contribution in [-0.4, -0.2) is 17.7 Å². The van der Waals surface area contributed by atoms with Gasteiger partial charge in [0, 0.05) is 5.57 Å². The second-order valence-electron chi connectivity index (χ2n) is 7.23. The van der Waals surface area contributed by atoms with Crippen molar-refractivity contribution in [1.29, 1.82) is 0 Å². The monoisotopic (exact) mass is 380 g/mol. The van der Waals surface area contributed by atoms with Crippen LogP contribution in [0.4, 0.5) is 0 Å². The molecule has 0 amide bonds. The number of unbranched alkanes of at least 4 members (excludes halogenated alkanes) is 7. The summed E-state index contributed by atoms with van der Waals surface area (Å²) >= 11 is 0. The van der Waals surface area contributed by atoms with Gasteiger partial charge >= 0.3 is 5.97 Å². The molecule has 3 heteroatoms. The summed E-state index contributed by atoms with van der Waals surface area (Å²) in [5.74, 6) is 0.0667. The van der Waals surface area contributed by atoms with Crippen molar-refractivity contribution in [2.75, 3.05) is 6.61 Å². The molecule has 1 N–H and O–H groups in total. The van der Waals surface area contributed by atoms with Gasteiger partial charge in [-0.2, -0.15) is 0 Å². The van der Waals surface area contributed by atoms with Gasteiger partial charge in [0.05, 0.1) is 6.61 Å². The van der Waals surface area contributed by atoms with Crippen LogP contribution in [0.3, 0.4) is 0 Å². The van der Waals surface area contributed by atoms with Gasteiger partial charge in [-0.15, -0.1) is 0 Å². The van der Waals surface area contributed by atoms with Crippen LogP contribution in [0.2, 0.25) is 0 Å². The largest absolute Gasteiger partial charge is 0.494 e. The fraction of sp³-hybridized carbons (Fsp3) is 0.400. The Kier molecular flexibility index (Phi) is 9.92. The van der Waals surface area contributed by atoms with E-state index in [1.54, 1.807) is 0 Å². The minimum atomic E-state index is -0.866. The van der Waals surface area contributed by atoms with E-state index in [-0.39, 0.29) is 0 Å². The van der Waals surface area contributed by atoms with Crippen LogP contribution in [-0.2, 0) is 4.79 Å². The molecular weight excluding hydrogens is 348 g/mol. The van der Waals surface area contributed by atoms with E-state index >= 15 is 0 Å². The summed E-state index contributed by atoms with van der Waals surface area (Å²) in [6.45, 7) is 4.32. The van der Waals surface area contributed by atoms with Gasteiger partial charge in [0.2, 0.25) is 0 Å². The second-order valence-corrected chi connectivity index (χ2v) is 7.23. The summed E-state index contributed by atoms with van der Waals surface area (Å²) in [5, 5.41) is 8.75. The van der Waals surface area contributed by atoms with Crippen molar-refractivity contribution in [3.8, 4) is 16.9 Å². The molecule has 0 bridgehead atoms. The van der Waals surface area contributed by atoms with Crippen molar-refractivity contribution in [3.05, 3.63) is 66.7 Å². The zero-order valence-electron chi connectivity index (χ0n) is 16.7. The molecule has 2 aromatic carbocycles. The maximum absolute atomic E-state index is 10.6. The third-order valence-electron chi connectivity index (χ3n) is 4.91. The molecule has 0 fully saturated rings. The number of carboxylic acid groups (broad SMARTS) is 1. The first kappa shape index (κ1) is 21.7. The Morgan fingerprint density at radius 3 is 1.89 bits per heavy atom. The number of aliphatic carboxylic acids is 1. The van der Waals surface area contributed by atoms with Crippen molar-refractivity contribution in [3.63, 3.8) is 0 Å². The van der Waals surface area contributed by atoms with Gasteiger partial charge in [0.1, 0.15) is 5.75 Å². The van der Waals surface area contributed by atoms with Crippen LogP contribution in [0.1, 0.15) is 57.8 Å². The molecule has 0 aliphatic heterocycles. The standard InChI is InChI=1S/C25H32O3/c1-21(25(26)27)13-9-6-4-2-3-5-7-12-20-28-24-18-16-23(17-19-24)22-14-10-8-11-15-22/h8,10-11,14-19H,1-7,9,12-13,20H2,(H,26,27). The molecular formula is C25H32O3. The first-order chi connectivity index (χ1) is 13.7. The molecule has 0 heterocycles. The molecule has 2 aromatic rings. The summed E-state index contributed by atoms with van der Waals surface area (Å²) in [6, 6.07) is 18.7. The lowest BCUT2D eigenvalue weighted by molar-refractivity contribution is -0.132. The van der Waals surface area contributed by atoms with Gasteiger partial charge in [-0.25, -0.2) is 4.79 Å². The molecule has 0 saturated heterocycles. The topological polar surface area (TPSA) is 46.5 Å². The Balaban J connectivity index is 1.46. The van der Waals surface area contributed by atoms with Gasteiger partial charge in [-0.3, -0.25) is 0 Å². The molecule has 2 rings (SSSR count). The Bertz CT molecular complexity index is 704. The summed E-state index contributed by atoms with van der Waals surface area (Å²) in [7, 11) is 0. The minimum absolute atomic E-state index is 0.328. The van der Waals surface area contributed by atoms with Gasteiger partial charge in [0.25, 0.3) is 0 Å². The Hall–Kier alpha value is -2.55. The average molecular weight is 381 g/mol. The summed E-state index contributed by atoms with van der Waals surface area (Å²) in [6.07, 6.45) is 9.79. The number of hydrogen-bond acceptors (Lipinski definition) is 2. The van der Waals surface area contributed by atoms with Crippen molar-refractivity contribution in [2.24, 2.45) is 0 Å². The number of carboxylic acids is 1. The molecule has 0 radical (unpaired) electrons. The SMILES string of the molecule is C=C(CCCCCCCCCCOc1ccc(-c2ccccc2)cc1)C(=O)O. The highest BCUT2D eigenvalue weighted by molar-refractivity contribution is 5.85. The lowest BCUT2D eigenvalue weighted by atomic mass is 10.0. The van der Waals surface area contributed by atoms with E-state index in [4.69, 9.17) is 9.84 Å². The number of benzene rings is 2. The van der Waals surface area contributed by atoms with Crippen molar-refractivity contribution < 1.29 is 14.6 Å². The average Bonchev–Trinajstić information content (AvgIpc) is 2.72. The van der Waals surface area contributed by atoms with Crippen molar-refractivity contribution in [1.82, 2.24) is 0 Å². The summed E-state index contributed by atoms with van der Waals surface area (Å²) in [5.41, 5.74) is 2.76. The molecule has 0 unspecified atom stereocenters. The number of ether oxygens (including phenoxy) is 1. The van der Waals surface area contributed by atoms with E-state index in [1.807, 2.05) is 18.2 Å². The fourth-order valence-electron chi connectivity index (χ4n) is 3.17. The number of rotatable bonds is 14. The van der Waals surface area contributed by atoms with Crippen molar-refractivity contribution in [2.45, 2.75) is 57.8 Å². The van der Waals surface area contributed by atoms with E-state index < -0.39 is 5.97 Å². The zero-order valence-corrected chi connectivity index (χ0v) is 16.7. The van der Waals surface area contributed by atoms with Gasteiger partial charge < -0.3 is 9.84 Å². The van der Waals surface area contributed by atoms with Crippen LogP contribution in [0.15, 0.2) is 66.7 Å². The normalized spacial score (nSPS) is 10.6. The molecule has 0 spiro atoms. The number of hydrogen-bond donors (Lipinski definition) is 1. The maximum Gasteiger partial charge on any atom is 0.330 e. The molecule has 0 atom stereocenters. The highest BCUT2D eigenvalue weighted by atomic mass is 16.5. The first-order valence-corrected chi connectivity index (χ1v) is 10.4. The Labute approximate surface area is 169 Å². The first-order valence-electron chi connectivity index (χ1n) is 10.4. The fourth-order valence-corrected chi connectivity index (χ4v) is 3.17. The lowest BCUT2D eigenvalue weighted by Gasteiger charge is -2.08. The quantitative estimate of drug-likeness (QED) is 0.287. The van der Waals surface area contributed by atoms with Crippen LogP contribution in [0, 0.1) is 0 Å². The minimum Gasteiger partial charge on any atom is -0.494 e. The molecule has 0 saturated carbocycles. The van der Waals surface area contributed by atoms with E-state index in [9.17, 15) is 4.79 Å². The van der Waals surface area contributed by atoms with Crippen LogP contribution >= 0.6 is 0 Å². The highest BCUT2D eigenvalue weighted by Gasteiger charge is 2.02. The summed E-state index contributed by atoms with van der Waals surface area (Å²) < 4.78 is 5.84. The van der Waals surface area contributed by atoms with Crippen molar-refractivity contribution >= 4 is 5.97 Å². The summed E-state index contributed by atoms with van der Waals surface area (Å²) in [4.78, 5) is 10.6. The van der Waals surface area contributed by atoms with Crippen LogP contribution in [0.25, 0.3) is 11.1 Å². The maximum atomic E-state index is 10.6. The molecule has 0 aliphatic carbocycles. The van der Waals surface area contributed by atoms with Gasteiger partial charge in [-0.1, -0.05) is 87.6 Å². The highest BCUT2D eigenvalue weighted by Crippen LogP contribution is 2.22. The van der Waals surface area contributed by atoms with Gasteiger partial charge in [0.15, 0.2) is 0 Å². The van der Waals surface area contributed by atoms with E-state index in [0.29, 0.717) is 12.0 Å². The smallest absolute Gasteiger partial charge is 0.330 e. The predicted molar refractivity (Wildman–Crippen MR) is 116 cm³/mol.